The largest absolute Gasteiger partial charge is 0.492 e. The zero-order valence-electron chi connectivity index (χ0n) is 12.3. The summed E-state index contributed by atoms with van der Waals surface area (Å²) in [5.74, 6) is -0.469. The molecule has 0 aliphatic carbocycles. The molecule has 22 heavy (non-hydrogen) atoms. The minimum absolute atomic E-state index is 0.0890. The van der Waals surface area contributed by atoms with Crippen molar-refractivity contribution in [1.82, 2.24) is 4.31 Å². The van der Waals surface area contributed by atoms with Crippen LogP contribution in [0.5, 0.6) is 5.75 Å². The van der Waals surface area contributed by atoms with Gasteiger partial charge in [-0.15, -0.1) is 0 Å². The van der Waals surface area contributed by atoms with Crippen LogP contribution < -0.4 is 10.5 Å². The number of benzene rings is 1. The minimum atomic E-state index is -3.70. The van der Waals surface area contributed by atoms with Gasteiger partial charge < -0.3 is 10.5 Å². The molecule has 1 fully saturated rings. The molecule has 6 nitrogen and oxygen atoms in total. The van der Waals surface area contributed by atoms with Crippen LogP contribution in [0.2, 0.25) is 5.02 Å². The van der Waals surface area contributed by atoms with E-state index >= 15 is 0 Å². The van der Waals surface area contributed by atoms with Gasteiger partial charge in [0, 0.05) is 13.1 Å². The highest BCUT2D eigenvalue weighted by Crippen LogP contribution is 2.30. The Kier molecular flexibility index (Phi) is 5.31. The lowest BCUT2D eigenvalue weighted by atomic mass is 9.99. The predicted molar refractivity (Wildman–Crippen MR) is 83.3 cm³/mol. The molecule has 0 bridgehead atoms. The molecule has 1 saturated heterocycles. The maximum absolute atomic E-state index is 12.7. The molecule has 122 valence electrons. The van der Waals surface area contributed by atoms with Gasteiger partial charge in [0.1, 0.15) is 5.75 Å². The van der Waals surface area contributed by atoms with Crippen LogP contribution in [0.1, 0.15) is 19.8 Å². The van der Waals surface area contributed by atoms with Crippen LogP contribution in [0, 0.1) is 5.92 Å². The van der Waals surface area contributed by atoms with Crippen LogP contribution in [0.4, 0.5) is 0 Å². The Hall–Kier alpha value is -1.31. The highest BCUT2D eigenvalue weighted by molar-refractivity contribution is 7.89. The van der Waals surface area contributed by atoms with Crippen molar-refractivity contribution >= 4 is 27.5 Å². The standard InChI is InChI=1S/C14H19ClN2O4S/c1-2-21-13-6-5-11(8-12(13)15)22(19,20)17-7-3-4-10(9-17)14(16)18/h5-6,8,10H,2-4,7,9H2,1H3,(H2,16,18)/t10-/m1/s1. The van der Waals surface area contributed by atoms with Crippen LogP contribution in [0.3, 0.4) is 0 Å². The number of carbonyl (C=O) groups excluding carboxylic acids is 1. The molecule has 1 aromatic carbocycles. The van der Waals surface area contributed by atoms with E-state index < -0.39 is 21.8 Å². The highest BCUT2D eigenvalue weighted by atomic mass is 35.5. The first-order valence-electron chi connectivity index (χ1n) is 7.08. The van der Waals surface area contributed by atoms with E-state index in [1.165, 1.54) is 22.5 Å². The Morgan fingerprint density at radius 1 is 1.50 bits per heavy atom. The number of sulfonamides is 1. The number of hydrogen-bond acceptors (Lipinski definition) is 4. The molecule has 2 rings (SSSR count). The van der Waals surface area contributed by atoms with Crippen molar-refractivity contribution in [3.8, 4) is 5.75 Å². The summed E-state index contributed by atoms with van der Waals surface area (Å²) in [5.41, 5.74) is 5.29. The number of halogens is 1. The first-order valence-corrected chi connectivity index (χ1v) is 8.90. The maximum Gasteiger partial charge on any atom is 0.243 e. The molecule has 1 aliphatic rings. The third-order valence-corrected chi connectivity index (χ3v) is 5.78. The van der Waals surface area contributed by atoms with Gasteiger partial charge in [-0.05, 0) is 38.0 Å². The van der Waals surface area contributed by atoms with E-state index in [4.69, 9.17) is 22.1 Å². The Balaban J connectivity index is 2.26. The van der Waals surface area contributed by atoms with E-state index in [0.717, 1.165) is 0 Å². The first kappa shape index (κ1) is 17.1. The van der Waals surface area contributed by atoms with Gasteiger partial charge in [-0.25, -0.2) is 8.42 Å². The maximum atomic E-state index is 12.7. The lowest BCUT2D eigenvalue weighted by molar-refractivity contribution is -0.122. The SMILES string of the molecule is CCOc1ccc(S(=O)(=O)N2CCC[C@@H](C(N)=O)C2)cc1Cl. The molecule has 1 aliphatic heterocycles. The third kappa shape index (κ3) is 3.53. The van der Waals surface area contributed by atoms with Crippen molar-refractivity contribution in [2.24, 2.45) is 11.7 Å². The van der Waals surface area contributed by atoms with Gasteiger partial charge in [0.25, 0.3) is 0 Å². The van der Waals surface area contributed by atoms with Crippen molar-refractivity contribution < 1.29 is 17.9 Å². The van der Waals surface area contributed by atoms with Crippen molar-refractivity contribution in [3.63, 3.8) is 0 Å². The molecule has 0 radical (unpaired) electrons. The fraction of sp³-hybridized carbons (Fsp3) is 0.500. The summed E-state index contributed by atoms with van der Waals surface area (Å²) < 4.78 is 31.9. The molecule has 1 aromatic rings. The molecule has 0 unspecified atom stereocenters. The van der Waals surface area contributed by atoms with Crippen LogP contribution >= 0.6 is 11.6 Å². The van der Waals surface area contributed by atoms with Gasteiger partial charge in [-0.2, -0.15) is 4.31 Å². The summed E-state index contributed by atoms with van der Waals surface area (Å²) in [6.07, 6.45) is 1.23. The minimum Gasteiger partial charge on any atom is -0.492 e. The van der Waals surface area contributed by atoms with Gasteiger partial charge in [-0.3, -0.25) is 4.79 Å². The van der Waals surface area contributed by atoms with Gasteiger partial charge >= 0.3 is 0 Å². The number of hydrogen-bond donors (Lipinski definition) is 1. The molecule has 1 amide bonds. The van der Waals surface area contributed by atoms with Crippen LogP contribution in [-0.2, 0) is 14.8 Å². The molecule has 1 atom stereocenters. The molecule has 2 N–H and O–H groups in total. The summed E-state index contributed by atoms with van der Waals surface area (Å²) >= 11 is 6.05. The number of rotatable bonds is 5. The Labute approximate surface area is 135 Å². The molecule has 1 heterocycles. The van der Waals surface area contributed by atoms with Gasteiger partial charge in [0.15, 0.2) is 0 Å². The van der Waals surface area contributed by atoms with Crippen molar-refractivity contribution in [2.75, 3.05) is 19.7 Å². The monoisotopic (exact) mass is 346 g/mol. The fourth-order valence-corrected chi connectivity index (χ4v) is 4.31. The third-order valence-electron chi connectivity index (χ3n) is 3.63. The summed E-state index contributed by atoms with van der Waals surface area (Å²) in [7, 11) is -3.70. The zero-order valence-corrected chi connectivity index (χ0v) is 13.9. The normalized spacial score (nSPS) is 19.8. The van der Waals surface area contributed by atoms with Crippen LogP contribution in [-0.4, -0.2) is 38.3 Å². The number of amides is 1. The highest BCUT2D eigenvalue weighted by Gasteiger charge is 2.32. The van der Waals surface area contributed by atoms with E-state index in [9.17, 15) is 13.2 Å². The summed E-state index contributed by atoms with van der Waals surface area (Å²) in [6.45, 7) is 2.75. The number of piperidine rings is 1. The Bertz CT molecular complexity index is 663. The summed E-state index contributed by atoms with van der Waals surface area (Å²) in [6, 6.07) is 4.37. The Morgan fingerprint density at radius 3 is 2.82 bits per heavy atom. The van der Waals surface area contributed by atoms with E-state index in [-0.39, 0.29) is 16.5 Å². The molecular formula is C14H19ClN2O4S. The second kappa shape index (κ2) is 6.85. The quantitative estimate of drug-likeness (QED) is 0.877. The van der Waals surface area contributed by atoms with E-state index in [1.807, 2.05) is 6.92 Å². The number of ether oxygens (including phenoxy) is 1. The second-order valence-corrected chi connectivity index (χ2v) is 7.47. The van der Waals surface area contributed by atoms with Gasteiger partial charge in [0.2, 0.25) is 15.9 Å². The summed E-state index contributed by atoms with van der Waals surface area (Å²) in [5, 5.41) is 0.242. The second-order valence-electron chi connectivity index (χ2n) is 5.13. The first-order chi connectivity index (χ1) is 10.4. The zero-order chi connectivity index (χ0) is 16.3. The number of carbonyl (C=O) groups is 1. The van der Waals surface area contributed by atoms with Gasteiger partial charge in [-0.1, -0.05) is 11.6 Å². The van der Waals surface area contributed by atoms with Gasteiger partial charge in [0.05, 0.1) is 22.4 Å². The molecule has 0 spiro atoms. The number of nitrogens with two attached hydrogens (primary N) is 1. The van der Waals surface area contributed by atoms with Crippen LogP contribution in [0.25, 0.3) is 0 Å². The van der Waals surface area contributed by atoms with Crippen molar-refractivity contribution in [2.45, 2.75) is 24.7 Å². The lowest BCUT2D eigenvalue weighted by Gasteiger charge is -2.30. The molecular weight excluding hydrogens is 328 g/mol. The lowest BCUT2D eigenvalue weighted by Crippen LogP contribution is -2.44. The molecule has 8 heteroatoms. The average Bonchev–Trinajstić information content (AvgIpc) is 2.49. The van der Waals surface area contributed by atoms with Crippen molar-refractivity contribution in [1.29, 1.82) is 0 Å². The molecule has 0 aromatic heterocycles. The van der Waals surface area contributed by atoms with Crippen LogP contribution in [0.15, 0.2) is 23.1 Å². The van der Waals surface area contributed by atoms with Crippen molar-refractivity contribution in [3.05, 3.63) is 23.2 Å². The summed E-state index contributed by atoms with van der Waals surface area (Å²) in [4.78, 5) is 11.4. The number of nitrogens with zero attached hydrogens (tertiary/aromatic N) is 1. The topological polar surface area (TPSA) is 89.7 Å². The number of primary amides is 1. The van der Waals surface area contributed by atoms with E-state index in [0.29, 0.717) is 31.7 Å². The molecule has 0 saturated carbocycles. The fourth-order valence-electron chi connectivity index (χ4n) is 2.46. The predicted octanol–water partition coefficient (Wildman–Crippen LogP) is 1.62. The Morgan fingerprint density at radius 2 is 2.23 bits per heavy atom. The van der Waals surface area contributed by atoms with E-state index in [1.54, 1.807) is 0 Å². The van der Waals surface area contributed by atoms with E-state index in [2.05, 4.69) is 0 Å². The average molecular weight is 347 g/mol. The smallest absolute Gasteiger partial charge is 0.243 e.